The Morgan fingerprint density at radius 3 is 3.07 bits per heavy atom. The molecule has 3 aliphatic rings. The van der Waals surface area contributed by atoms with E-state index < -0.39 is 0 Å². The van der Waals surface area contributed by atoms with E-state index in [4.69, 9.17) is 4.74 Å². The van der Waals surface area contributed by atoms with Gasteiger partial charge in [0.05, 0.1) is 6.10 Å². The quantitative estimate of drug-likeness (QED) is 0.586. The average molecular weight is 200 g/mol. The van der Waals surface area contributed by atoms with Crippen LogP contribution in [0.15, 0.2) is 24.3 Å². The summed E-state index contributed by atoms with van der Waals surface area (Å²) in [6.07, 6.45) is 7.19. The van der Waals surface area contributed by atoms with Gasteiger partial charge in [-0.2, -0.15) is 0 Å². The Labute approximate surface area is 90.4 Å². The first-order chi connectivity index (χ1) is 7.41. The molecular weight excluding hydrogens is 184 g/mol. The van der Waals surface area contributed by atoms with Crippen molar-refractivity contribution in [3.8, 4) is 0 Å². The number of epoxide rings is 1. The summed E-state index contributed by atoms with van der Waals surface area (Å²) in [6, 6.07) is 8.92. The fourth-order valence-electron chi connectivity index (χ4n) is 3.86. The van der Waals surface area contributed by atoms with Crippen molar-refractivity contribution in [1.82, 2.24) is 0 Å². The first-order valence-corrected chi connectivity index (χ1v) is 6.17. The molecule has 2 aliphatic carbocycles. The summed E-state index contributed by atoms with van der Waals surface area (Å²) in [4.78, 5) is 0. The minimum atomic E-state index is 0.174. The molecular formula is C14H16O. The van der Waals surface area contributed by atoms with Crippen LogP contribution in [0.25, 0.3) is 0 Å². The van der Waals surface area contributed by atoms with Gasteiger partial charge < -0.3 is 4.74 Å². The smallest absolute Gasteiger partial charge is 0.123 e. The molecule has 0 radical (unpaired) electrons. The maximum Gasteiger partial charge on any atom is 0.123 e. The summed E-state index contributed by atoms with van der Waals surface area (Å²) in [5.74, 6) is 0.811. The number of hydrogen-bond donors (Lipinski definition) is 0. The summed E-state index contributed by atoms with van der Waals surface area (Å²) < 4.78 is 6.10. The fraction of sp³-hybridized carbons (Fsp3) is 0.571. The van der Waals surface area contributed by atoms with E-state index in [0.29, 0.717) is 6.10 Å². The molecule has 1 saturated heterocycles. The average Bonchev–Trinajstić information content (AvgIpc) is 3.02. The first kappa shape index (κ1) is 8.35. The van der Waals surface area contributed by atoms with Gasteiger partial charge in [0, 0.05) is 0 Å². The van der Waals surface area contributed by atoms with Gasteiger partial charge in [0.15, 0.2) is 0 Å². The molecule has 4 rings (SSSR count). The molecule has 1 aromatic carbocycles. The predicted molar refractivity (Wildman–Crippen MR) is 58.7 cm³/mol. The Morgan fingerprint density at radius 1 is 1.13 bits per heavy atom. The molecule has 1 aromatic rings. The van der Waals surface area contributed by atoms with Crippen molar-refractivity contribution in [3.63, 3.8) is 0 Å². The highest BCUT2D eigenvalue weighted by molar-refractivity contribution is 5.41. The molecule has 1 aliphatic heterocycles. The van der Waals surface area contributed by atoms with Crippen LogP contribution in [0.5, 0.6) is 0 Å². The maximum absolute atomic E-state index is 6.10. The summed E-state index contributed by atoms with van der Waals surface area (Å²) in [5, 5.41) is 0. The number of rotatable bonds is 0. The third-order valence-electron chi connectivity index (χ3n) is 4.58. The number of aryl methyl sites for hydroxylation is 1. The van der Waals surface area contributed by atoms with Gasteiger partial charge in [0.25, 0.3) is 0 Å². The van der Waals surface area contributed by atoms with Gasteiger partial charge in [-0.15, -0.1) is 0 Å². The lowest BCUT2D eigenvalue weighted by Gasteiger charge is -2.34. The SMILES string of the molecule is c1ccc2c(c1)CCC1CCCC3OC213. The lowest BCUT2D eigenvalue weighted by atomic mass is 9.68. The topological polar surface area (TPSA) is 12.5 Å². The summed E-state index contributed by atoms with van der Waals surface area (Å²) >= 11 is 0. The second-order valence-corrected chi connectivity index (χ2v) is 5.22. The molecule has 0 N–H and O–H groups in total. The number of benzene rings is 1. The number of ether oxygens (including phenoxy) is 1. The highest BCUT2D eigenvalue weighted by Gasteiger charge is 2.64. The Balaban J connectivity index is 1.88. The maximum atomic E-state index is 6.10. The summed E-state index contributed by atoms with van der Waals surface area (Å²) in [5.41, 5.74) is 3.23. The Kier molecular flexibility index (Phi) is 1.47. The molecule has 3 unspecified atom stereocenters. The molecule has 3 atom stereocenters. The molecule has 78 valence electrons. The van der Waals surface area contributed by atoms with Gasteiger partial charge in [-0.25, -0.2) is 0 Å². The second kappa shape index (κ2) is 2.65. The van der Waals surface area contributed by atoms with Crippen molar-refractivity contribution in [2.24, 2.45) is 5.92 Å². The van der Waals surface area contributed by atoms with Crippen LogP contribution in [0.2, 0.25) is 0 Å². The van der Waals surface area contributed by atoms with Crippen LogP contribution >= 0.6 is 0 Å². The lowest BCUT2D eigenvalue weighted by Crippen LogP contribution is -2.33. The van der Waals surface area contributed by atoms with Crippen LogP contribution in [-0.4, -0.2) is 6.10 Å². The Hall–Kier alpha value is -0.820. The third kappa shape index (κ3) is 0.926. The van der Waals surface area contributed by atoms with Crippen LogP contribution < -0.4 is 0 Å². The molecule has 2 fully saturated rings. The van der Waals surface area contributed by atoms with E-state index in [1.165, 1.54) is 43.2 Å². The standard InChI is InChI=1S/C14H16O/c1-2-6-12-10(4-1)8-9-11-5-3-7-13-14(11,12)15-13/h1-2,4,6,11,13H,3,5,7-9H2. The number of hydrogen-bond acceptors (Lipinski definition) is 1. The van der Waals surface area contributed by atoms with E-state index in [2.05, 4.69) is 24.3 Å². The minimum absolute atomic E-state index is 0.174. The normalized spacial score (nSPS) is 41.3. The van der Waals surface area contributed by atoms with Crippen LogP contribution in [0.4, 0.5) is 0 Å². The molecule has 0 amide bonds. The number of fused-ring (bicyclic) bond motifs is 1. The summed E-state index contributed by atoms with van der Waals surface area (Å²) in [6.45, 7) is 0. The molecule has 15 heavy (non-hydrogen) atoms. The van der Waals surface area contributed by atoms with Crippen LogP contribution in [0, 0.1) is 5.92 Å². The molecule has 1 spiro atoms. The van der Waals surface area contributed by atoms with Crippen molar-refractivity contribution in [2.75, 3.05) is 0 Å². The Morgan fingerprint density at radius 2 is 2.07 bits per heavy atom. The van der Waals surface area contributed by atoms with Gasteiger partial charge in [-0.05, 0) is 42.7 Å². The van der Waals surface area contributed by atoms with Crippen LogP contribution in [-0.2, 0) is 16.8 Å². The molecule has 0 bridgehead atoms. The molecule has 1 saturated carbocycles. The first-order valence-electron chi connectivity index (χ1n) is 6.17. The van der Waals surface area contributed by atoms with E-state index in [1.807, 2.05) is 0 Å². The van der Waals surface area contributed by atoms with E-state index in [1.54, 1.807) is 0 Å². The third-order valence-corrected chi connectivity index (χ3v) is 4.58. The molecule has 1 nitrogen and oxygen atoms in total. The van der Waals surface area contributed by atoms with E-state index in [0.717, 1.165) is 5.92 Å². The van der Waals surface area contributed by atoms with Crippen molar-refractivity contribution in [3.05, 3.63) is 35.4 Å². The van der Waals surface area contributed by atoms with Gasteiger partial charge in [-0.3, -0.25) is 0 Å². The van der Waals surface area contributed by atoms with Crippen LogP contribution in [0.3, 0.4) is 0 Å². The van der Waals surface area contributed by atoms with Gasteiger partial charge in [0.1, 0.15) is 5.60 Å². The van der Waals surface area contributed by atoms with Crippen molar-refractivity contribution in [2.45, 2.75) is 43.8 Å². The molecule has 0 aromatic heterocycles. The van der Waals surface area contributed by atoms with Crippen molar-refractivity contribution >= 4 is 0 Å². The van der Waals surface area contributed by atoms with Gasteiger partial charge >= 0.3 is 0 Å². The zero-order valence-corrected chi connectivity index (χ0v) is 8.91. The molecule has 1 heterocycles. The second-order valence-electron chi connectivity index (χ2n) is 5.22. The van der Waals surface area contributed by atoms with E-state index in [9.17, 15) is 0 Å². The van der Waals surface area contributed by atoms with Crippen molar-refractivity contribution < 1.29 is 4.74 Å². The van der Waals surface area contributed by atoms with Gasteiger partial charge in [-0.1, -0.05) is 30.7 Å². The van der Waals surface area contributed by atoms with Crippen LogP contribution in [0.1, 0.15) is 36.8 Å². The van der Waals surface area contributed by atoms with E-state index in [-0.39, 0.29) is 5.60 Å². The van der Waals surface area contributed by atoms with E-state index >= 15 is 0 Å². The summed E-state index contributed by atoms with van der Waals surface area (Å²) in [7, 11) is 0. The minimum Gasteiger partial charge on any atom is -0.361 e. The highest BCUT2D eigenvalue weighted by Crippen LogP contribution is 2.62. The highest BCUT2D eigenvalue weighted by atomic mass is 16.6. The lowest BCUT2D eigenvalue weighted by molar-refractivity contribution is 0.186. The fourth-order valence-corrected chi connectivity index (χ4v) is 3.86. The zero-order chi connectivity index (χ0) is 9.88. The van der Waals surface area contributed by atoms with Gasteiger partial charge in [0.2, 0.25) is 0 Å². The largest absolute Gasteiger partial charge is 0.361 e. The van der Waals surface area contributed by atoms with Crippen molar-refractivity contribution in [1.29, 1.82) is 0 Å². The predicted octanol–water partition coefficient (Wildman–Crippen LogP) is 3.03. The monoisotopic (exact) mass is 200 g/mol. The Bertz CT molecular complexity index is 412. The zero-order valence-electron chi connectivity index (χ0n) is 8.91. The molecule has 1 heteroatoms.